The van der Waals surface area contributed by atoms with Crippen molar-refractivity contribution in [3.05, 3.63) is 35.4 Å². The first kappa shape index (κ1) is 24.3. The summed E-state index contributed by atoms with van der Waals surface area (Å²) < 4.78 is 12.7. The fraction of sp³-hybridized carbons (Fsp3) is 0.806. The van der Waals surface area contributed by atoms with Crippen LogP contribution in [0.4, 0.5) is 4.39 Å². The fourth-order valence-corrected chi connectivity index (χ4v) is 7.64. The Balaban J connectivity index is 1.11. The van der Waals surface area contributed by atoms with Gasteiger partial charge in [0.25, 0.3) is 0 Å². The average molecular weight is 441 g/mol. The lowest BCUT2D eigenvalue weighted by Crippen LogP contribution is -2.29. The zero-order chi connectivity index (χ0) is 22.2. The Morgan fingerprint density at radius 2 is 1.00 bits per heavy atom. The normalized spacial score (nSPS) is 33.8. The highest BCUT2D eigenvalue weighted by atomic mass is 19.1. The van der Waals surface area contributed by atoms with E-state index >= 15 is 0 Å². The third kappa shape index (κ3) is 6.83. The third-order valence-electron chi connectivity index (χ3n) is 9.92. The number of aryl methyl sites for hydroxylation is 1. The van der Waals surface area contributed by atoms with Gasteiger partial charge in [-0.3, -0.25) is 0 Å². The second-order valence-electron chi connectivity index (χ2n) is 11.9. The van der Waals surface area contributed by atoms with Crippen LogP contribution in [0.1, 0.15) is 121 Å². The predicted octanol–water partition coefficient (Wildman–Crippen LogP) is 9.70. The summed E-state index contributed by atoms with van der Waals surface area (Å²) in [6, 6.07) is 8.19. The first-order valence-electron chi connectivity index (χ1n) is 14.4. The molecule has 0 unspecified atom stereocenters. The van der Waals surface area contributed by atoms with E-state index in [1.165, 1.54) is 89.0 Å². The average Bonchev–Trinajstić information content (AvgIpc) is 2.87. The first-order chi connectivity index (χ1) is 15.7. The monoisotopic (exact) mass is 440 g/mol. The van der Waals surface area contributed by atoms with Crippen LogP contribution in [0.5, 0.6) is 0 Å². The molecule has 0 spiro atoms. The molecule has 0 saturated heterocycles. The van der Waals surface area contributed by atoms with E-state index in [1.807, 2.05) is 12.1 Å². The summed E-state index contributed by atoms with van der Waals surface area (Å²) in [5, 5.41) is 0. The minimum atomic E-state index is -0.341. The van der Waals surface area contributed by atoms with Crippen molar-refractivity contribution in [1.82, 2.24) is 0 Å². The molecule has 32 heavy (non-hydrogen) atoms. The molecule has 180 valence electrons. The molecule has 0 N–H and O–H groups in total. The van der Waals surface area contributed by atoms with Gasteiger partial charge in [0.05, 0.1) is 0 Å². The third-order valence-corrected chi connectivity index (χ3v) is 9.92. The molecule has 0 atom stereocenters. The molecular weight excluding hydrogens is 391 g/mol. The van der Waals surface area contributed by atoms with E-state index in [2.05, 4.69) is 19.1 Å². The van der Waals surface area contributed by atoms with E-state index in [9.17, 15) is 4.39 Å². The van der Waals surface area contributed by atoms with Crippen molar-refractivity contribution in [2.45, 2.75) is 123 Å². The molecule has 4 rings (SSSR count). The van der Waals surface area contributed by atoms with Gasteiger partial charge in [0, 0.05) is 0 Å². The van der Waals surface area contributed by atoms with Crippen molar-refractivity contribution in [3.8, 4) is 0 Å². The van der Waals surface area contributed by atoms with Crippen LogP contribution < -0.4 is 0 Å². The molecular formula is C31H49F. The van der Waals surface area contributed by atoms with Crippen LogP contribution in [-0.2, 0) is 13.1 Å². The minimum absolute atomic E-state index is 0.341. The van der Waals surface area contributed by atoms with Crippen molar-refractivity contribution in [1.29, 1.82) is 0 Å². The summed E-state index contributed by atoms with van der Waals surface area (Å²) in [5.41, 5.74) is 2.20. The van der Waals surface area contributed by atoms with E-state index in [0.717, 1.165) is 41.1 Å². The second kappa shape index (κ2) is 12.6. The van der Waals surface area contributed by atoms with Gasteiger partial charge in [-0.1, -0.05) is 76.1 Å². The lowest BCUT2D eigenvalue weighted by atomic mass is 9.64. The summed E-state index contributed by atoms with van der Waals surface area (Å²) in [4.78, 5) is 0. The summed E-state index contributed by atoms with van der Waals surface area (Å²) in [6.45, 7) is 2.00. The molecule has 1 aromatic rings. The molecule has 1 heteroatoms. The van der Waals surface area contributed by atoms with Gasteiger partial charge in [-0.2, -0.15) is 0 Å². The quantitative estimate of drug-likeness (QED) is 0.358. The van der Waals surface area contributed by atoms with Crippen LogP contribution in [0.15, 0.2) is 24.3 Å². The molecule has 0 heterocycles. The van der Waals surface area contributed by atoms with Gasteiger partial charge < -0.3 is 0 Å². The molecule has 0 aliphatic heterocycles. The Labute approximate surface area is 198 Å². The molecule has 3 fully saturated rings. The molecule has 3 aliphatic carbocycles. The predicted molar refractivity (Wildman–Crippen MR) is 135 cm³/mol. The minimum Gasteiger partial charge on any atom is -0.246 e. The number of rotatable bonds is 9. The van der Waals surface area contributed by atoms with Gasteiger partial charge in [0.1, 0.15) is 6.67 Å². The molecule has 0 radical (unpaired) electrons. The Morgan fingerprint density at radius 1 is 0.594 bits per heavy atom. The Kier molecular flexibility index (Phi) is 9.54. The molecule has 0 amide bonds. The van der Waals surface area contributed by atoms with Gasteiger partial charge in [0.2, 0.25) is 0 Å². The van der Waals surface area contributed by atoms with Crippen LogP contribution in [0, 0.1) is 35.5 Å². The maximum absolute atomic E-state index is 12.7. The van der Waals surface area contributed by atoms with Crippen LogP contribution in [-0.4, -0.2) is 0 Å². The lowest BCUT2D eigenvalue weighted by Gasteiger charge is -2.41. The molecule has 0 bridgehead atoms. The Hall–Kier alpha value is -0.850. The zero-order valence-corrected chi connectivity index (χ0v) is 20.9. The van der Waals surface area contributed by atoms with Gasteiger partial charge in [0.15, 0.2) is 0 Å². The SMILES string of the molecule is CCCC[C@H]1CC[C@H]([C@H]2CC[C@H]([C@H]3CC[C@H](CCc4ccc(CF)cc4)CC3)CC2)CC1. The number of benzene rings is 1. The largest absolute Gasteiger partial charge is 0.246 e. The molecule has 3 aliphatic rings. The van der Waals surface area contributed by atoms with Crippen molar-refractivity contribution >= 4 is 0 Å². The van der Waals surface area contributed by atoms with E-state index in [-0.39, 0.29) is 6.67 Å². The highest BCUT2D eigenvalue weighted by Crippen LogP contribution is 2.46. The van der Waals surface area contributed by atoms with Gasteiger partial charge in [-0.05, 0) is 111 Å². The van der Waals surface area contributed by atoms with E-state index < -0.39 is 0 Å². The number of unbranched alkanes of at least 4 members (excludes halogenated alkanes) is 1. The van der Waals surface area contributed by atoms with E-state index in [4.69, 9.17) is 0 Å². The summed E-state index contributed by atoms with van der Waals surface area (Å²) in [7, 11) is 0. The van der Waals surface area contributed by atoms with Gasteiger partial charge in [-0.15, -0.1) is 0 Å². The van der Waals surface area contributed by atoms with Crippen molar-refractivity contribution < 1.29 is 4.39 Å². The van der Waals surface area contributed by atoms with E-state index in [1.54, 1.807) is 25.7 Å². The van der Waals surface area contributed by atoms with Crippen molar-refractivity contribution in [2.75, 3.05) is 0 Å². The van der Waals surface area contributed by atoms with Crippen molar-refractivity contribution in [2.24, 2.45) is 35.5 Å². The topological polar surface area (TPSA) is 0 Å². The number of hydrogen-bond acceptors (Lipinski definition) is 0. The maximum atomic E-state index is 12.7. The van der Waals surface area contributed by atoms with E-state index in [0.29, 0.717) is 0 Å². The second-order valence-corrected chi connectivity index (χ2v) is 11.9. The van der Waals surface area contributed by atoms with Crippen molar-refractivity contribution in [3.63, 3.8) is 0 Å². The maximum Gasteiger partial charge on any atom is 0.115 e. The molecule has 0 aromatic heterocycles. The summed E-state index contributed by atoms with van der Waals surface area (Å²) in [5.74, 6) is 6.20. The lowest BCUT2D eigenvalue weighted by molar-refractivity contribution is 0.102. The number of hydrogen-bond donors (Lipinski definition) is 0. The van der Waals surface area contributed by atoms with Crippen LogP contribution in [0.3, 0.4) is 0 Å². The fourth-order valence-electron chi connectivity index (χ4n) is 7.64. The number of alkyl halides is 1. The van der Waals surface area contributed by atoms with Gasteiger partial charge >= 0.3 is 0 Å². The Bertz CT molecular complexity index is 625. The first-order valence-corrected chi connectivity index (χ1v) is 14.4. The summed E-state index contributed by atoms with van der Waals surface area (Å²) >= 11 is 0. The highest BCUT2D eigenvalue weighted by molar-refractivity contribution is 5.22. The standard InChI is InChI=1S/C31H49F/c1-2-3-4-24-11-15-28(16-12-24)30-19-21-31(22-20-30)29-17-13-26(14-18-29)6-5-25-7-9-27(23-32)10-8-25/h7-10,24,26,28-31H,2-6,11-23H2,1H3/t24-,26-,28-,29-,30-,31-. The van der Waals surface area contributed by atoms with Crippen LogP contribution >= 0.6 is 0 Å². The summed E-state index contributed by atoms with van der Waals surface area (Å²) in [6.07, 6.45) is 25.1. The Morgan fingerprint density at radius 3 is 1.44 bits per heavy atom. The molecule has 0 nitrogen and oxygen atoms in total. The molecule has 1 aromatic carbocycles. The van der Waals surface area contributed by atoms with Gasteiger partial charge in [-0.25, -0.2) is 4.39 Å². The highest BCUT2D eigenvalue weighted by Gasteiger charge is 2.34. The van der Waals surface area contributed by atoms with Crippen LogP contribution in [0.25, 0.3) is 0 Å². The molecule has 3 saturated carbocycles. The zero-order valence-electron chi connectivity index (χ0n) is 20.9. The number of halogens is 1. The smallest absolute Gasteiger partial charge is 0.115 e. The van der Waals surface area contributed by atoms with Crippen LogP contribution in [0.2, 0.25) is 0 Å².